The molecule has 1 heterocycles. The highest BCUT2D eigenvalue weighted by molar-refractivity contribution is 6.07. The van der Waals surface area contributed by atoms with Crippen molar-refractivity contribution in [1.29, 1.82) is 0 Å². The van der Waals surface area contributed by atoms with Gasteiger partial charge in [0.1, 0.15) is 11.3 Å². The first kappa shape index (κ1) is 19.6. The van der Waals surface area contributed by atoms with Crippen molar-refractivity contribution in [2.75, 3.05) is 5.32 Å². The second-order valence-electron chi connectivity index (χ2n) is 7.53. The van der Waals surface area contributed by atoms with Crippen molar-refractivity contribution < 1.29 is 23.9 Å². The average molecular weight is 407 g/mol. The largest absolute Gasteiger partial charge is 0.426 e. The summed E-state index contributed by atoms with van der Waals surface area (Å²) >= 11 is 0. The number of anilines is 1. The highest BCUT2D eigenvalue weighted by Crippen LogP contribution is 2.35. The van der Waals surface area contributed by atoms with Gasteiger partial charge >= 0.3 is 12.0 Å². The fourth-order valence-corrected chi connectivity index (χ4v) is 3.83. The zero-order valence-electron chi connectivity index (χ0n) is 16.1. The maximum absolute atomic E-state index is 12.5. The molecule has 0 unspecified atom stereocenters. The zero-order chi connectivity index (χ0) is 21.1. The van der Waals surface area contributed by atoms with Gasteiger partial charge in [-0.15, -0.1) is 0 Å². The topological polar surface area (TPSA) is 114 Å². The van der Waals surface area contributed by atoms with Crippen LogP contribution in [0.2, 0.25) is 0 Å². The molecule has 0 radical (unpaired) electrons. The molecular weight excluding hydrogens is 386 g/mol. The van der Waals surface area contributed by atoms with E-state index in [0.717, 1.165) is 0 Å². The summed E-state index contributed by atoms with van der Waals surface area (Å²) in [5.74, 6) is -0.870. The molecule has 3 N–H and O–H groups in total. The molecule has 2 aromatic rings. The van der Waals surface area contributed by atoms with Crippen molar-refractivity contribution >= 4 is 29.5 Å². The lowest BCUT2D eigenvalue weighted by molar-refractivity contribution is -0.141. The van der Waals surface area contributed by atoms with Crippen molar-refractivity contribution in [1.82, 2.24) is 10.6 Å². The number of nitrogens with one attached hydrogen (secondary N) is 3. The summed E-state index contributed by atoms with van der Waals surface area (Å²) in [5.41, 5.74) is 0.244. The van der Waals surface area contributed by atoms with Gasteiger partial charge in [-0.05, 0) is 62.1 Å². The summed E-state index contributed by atoms with van der Waals surface area (Å²) in [7, 11) is 0. The predicted molar refractivity (Wildman–Crippen MR) is 108 cm³/mol. The van der Waals surface area contributed by atoms with E-state index >= 15 is 0 Å². The van der Waals surface area contributed by atoms with Gasteiger partial charge in [0.25, 0.3) is 11.8 Å². The number of carbonyl (C=O) groups is 4. The van der Waals surface area contributed by atoms with Crippen LogP contribution < -0.4 is 20.7 Å². The minimum atomic E-state index is -0.896. The van der Waals surface area contributed by atoms with E-state index in [1.54, 1.807) is 48.5 Å². The predicted octanol–water partition coefficient (Wildman–Crippen LogP) is 2.61. The Balaban J connectivity index is 1.30. The van der Waals surface area contributed by atoms with Crippen LogP contribution >= 0.6 is 0 Å². The lowest BCUT2D eigenvalue weighted by atomic mass is 9.76. The van der Waals surface area contributed by atoms with Crippen molar-refractivity contribution in [2.45, 2.75) is 31.2 Å². The van der Waals surface area contributed by atoms with E-state index in [0.29, 0.717) is 42.7 Å². The quantitative estimate of drug-likeness (QED) is 0.410. The third-order valence-corrected chi connectivity index (χ3v) is 5.55. The second kappa shape index (κ2) is 7.98. The van der Waals surface area contributed by atoms with Gasteiger partial charge in [0, 0.05) is 11.3 Å². The Labute approximate surface area is 173 Å². The Hall–Kier alpha value is -3.68. The van der Waals surface area contributed by atoms with Gasteiger partial charge < -0.3 is 15.4 Å². The number of imide groups is 1. The SMILES string of the molecule is O=C1NC(=O)C2(CCC(C(=O)Oc3ccc(NC(=O)c4ccccc4)cc3)CC2)N1. The molecule has 2 fully saturated rings. The van der Waals surface area contributed by atoms with Crippen molar-refractivity contribution in [2.24, 2.45) is 5.92 Å². The van der Waals surface area contributed by atoms with Crippen molar-refractivity contribution in [3.63, 3.8) is 0 Å². The molecule has 30 heavy (non-hydrogen) atoms. The van der Waals surface area contributed by atoms with Crippen molar-refractivity contribution in [3.8, 4) is 5.75 Å². The van der Waals surface area contributed by atoms with E-state index in [9.17, 15) is 19.2 Å². The number of hydrogen-bond donors (Lipinski definition) is 3. The highest BCUT2D eigenvalue weighted by Gasteiger charge is 2.49. The van der Waals surface area contributed by atoms with Crippen LogP contribution in [0.4, 0.5) is 10.5 Å². The lowest BCUT2D eigenvalue weighted by Crippen LogP contribution is -2.50. The summed E-state index contributed by atoms with van der Waals surface area (Å²) in [6.45, 7) is 0. The van der Waals surface area contributed by atoms with Crippen molar-refractivity contribution in [3.05, 3.63) is 60.2 Å². The van der Waals surface area contributed by atoms with Crippen LogP contribution in [-0.2, 0) is 9.59 Å². The molecule has 2 aliphatic rings. The minimum Gasteiger partial charge on any atom is -0.426 e. The van der Waals surface area contributed by atoms with E-state index in [2.05, 4.69) is 16.0 Å². The Morgan fingerprint density at radius 1 is 0.967 bits per heavy atom. The molecule has 8 heteroatoms. The first-order valence-corrected chi connectivity index (χ1v) is 9.77. The average Bonchev–Trinajstić information content (AvgIpc) is 3.03. The van der Waals surface area contributed by atoms with Gasteiger partial charge in [-0.25, -0.2) is 4.79 Å². The van der Waals surface area contributed by atoms with Crippen LogP contribution in [0.15, 0.2) is 54.6 Å². The molecule has 0 atom stereocenters. The Morgan fingerprint density at radius 2 is 1.63 bits per heavy atom. The molecule has 0 bridgehead atoms. The van der Waals surface area contributed by atoms with Crippen LogP contribution in [0.1, 0.15) is 36.0 Å². The van der Waals surface area contributed by atoms with E-state index in [1.165, 1.54) is 0 Å². The molecule has 1 aliphatic carbocycles. The number of hydrogen-bond acceptors (Lipinski definition) is 5. The Bertz CT molecular complexity index is 980. The van der Waals surface area contributed by atoms with Crippen LogP contribution in [-0.4, -0.2) is 29.4 Å². The summed E-state index contributed by atoms with van der Waals surface area (Å²) < 4.78 is 5.46. The van der Waals surface area contributed by atoms with E-state index < -0.39 is 11.6 Å². The molecule has 1 saturated carbocycles. The fourth-order valence-electron chi connectivity index (χ4n) is 3.83. The number of benzene rings is 2. The summed E-state index contributed by atoms with van der Waals surface area (Å²) in [6, 6.07) is 14.9. The zero-order valence-corrected chi connectivity index (χ0v) is 16.1. The van der Waals surface area contributed by atoms with Crippen LogP contribution in [0.3, 0.4) is 0 Å². The molecule has 1 spiro atoms. The number of esters is 1. The van der Waals surface area contributed by atoms with Gasteiger partial charge in [0.05, 0.1) is 5.92 Å². The van der Waals surface area contributed by atoms with E-state index in [-0.39, 0.29) is 23.7 Å². The monoisotopic (exact) mass is 407 g/mol. The number of amides is 4. The lowest BCUT2D eigenvalue weighted by Gasteiger charge is -2.33. The van der Waals surface area contributed by atoms with Crippen LogP contribution in [0, 0.1) is 5.92 Å². The third-order valence-electron chi connectivity index (χ3n) is 5.55. The number of ether oxygens (including phenoxy) is 1. The first-order valence-electron chi connectivity index (χ1n) is 9.77. The number of rotatable bonds is 4. The first-order chi connectivity index (χ1) is 14.4. The fraction of sp³-hybridized carbons (Fsp3) is 0.273. The minimum absolute atomic E-state index is 0.223. The van der Waals surface area contributed by atoms with Crippen LogP contribution in [0.5, 0.6) is 5.75 Å². The molecule has 1 aliphatic heterocycles. The standard InChI is InChI=1S/C22H21N3O5/c26-18(14-4-2-1-3-5-14)23-16-6-8-17(9-7-16)30-19(27)15-10-12-22(13-11-15)20(28)24-21(29)25-22/h1-9,15H,10-13H2,(H,23,26)(H2,24,25,28,29). The molecule has 1 saturated heterocycles. The van der Waals surface area contributed by atoms with Gasteiger partial charge in [0.2, 0.25) is 0 Å². The molecule has 154 valence electrons. The second-order valence-corrected chi connectivity index (χ2v) is 7.53. The van der Waals surface area contributed by atoms with Crippen LogP contribution in [0.25, 0.3) is 0 Å². The van der Waals surface area contributed by atoms with Gasteiger partial charge in [-0.2, -0.15) is 0 Å². The molecule has 8 nitrogen and oxygen atoms in total. The summed E-state index contributed by atoms with van der Waals surface area (Å²) in [5, 5.41) is 7.72. The number of carbonyl (C=O) groups excluding carboxylic acids is 4. The molecule has 2 aromatic carbocycles. The third kappa shape index (κ3) is 4.03. The Morgan fingerprint density at radius 3 is 2.23 bits per heavy atom. The summed E-state index contributed by atoms with van der Waals surface area (Å²) in [6.07, 6.45) is 1.71. The molecule has 4 amide bonds. The molecular formula is C22H21N3O5. The number of urea groups is 1. The van der Waals surface area contributed by atoms with E-state index in [1.807, 2.05) is 6.07 Å². The molecule has 0 aromatic heterocycles. The smallest absolute Gasteiger partial charge is 0.322 e. The maximum atomic E-state index is 12.5. The van der Waals surface area contributed by atoms with E-state index in [4.69, 9.17) is 4.74 Å². The Kier molecular flexibility index (Phi) is 5.22. The molecule has 4 rings (SSSR count). The highest BCUT2D eigenvalue weighted by atomic mass is 16.5. The van der Waals surface area contributed by atoms with Gasteiger partial charge in [0.15, 0.2) is 0 Å². The van der Waals surface area contributed by atoms with Gasteiger partial charge in [-0.1, -0.05) is 18.2 Å². The summed E-state index contributed by atoms with van der Waals surface area (Å²) in [4.78, 5) is 48.1. The van der Waals surface area contributed by atoms with Gasteiger partial charge in [-0.3, -0.25) is 19.7 Å². The maximum Gasteiger partial charge on any atom is 0.322 e. The normalized spacial score (nSPS) is 22.9.